The number of benzene rings is 1. The Bertz CT molecular complexity index is 1120. The van der Waals surface area contributed by atoms with Crippen molar-refractivity contribution >= 4 is 23.2 Å². The van der Waals surface area contributed by atoms with E-state index in [0.717, 1.165) is 34.7 Å². The normalized spacial score (nSPS) is 14.6. The maximum Gasteiger partial charge on any atom is 0.265 e. The van der Waals surface area contributed by atoms with Crippen molar-refractivity contribution in [3.8, 4) is 10.6 Å². The molecule has 0 spiro atoms. The van der Waals surface area contributed by atoms with Gasteiger partial charge in [0, 0.05) is 37.9 Å². The lowest BCUT2D eigenvalue weighted by Gasteiger charge is -2.32. The molecule has 2 aromatic heterocycles. The number of rotatable bonds is 4. The van der Waals surface area contributed by atoms with Crippen molar-refractivity contribution in [1.29, 1.82) is 0 Å². The van der Waals surface area contributed by atoms with E-state index in [0.29, 0.717) is 23.5 Å². The van der Waals surface area contributed by atoms with Gasteiger partial charge >= 0.3 is 0 Å². The Hall–Kier alpha value is -3.00. The highest BCUT2D eigenvalue weighted by atomic mass is 32.1. The van der Waals surface area contributed by atoms with Crippen LogP contribution in [0.15, 0.2) is 30.6 Å². The lowest BCUT2D eigenvalue weighted by atomic mass is 10.0. The lowest BCUT2D eigenvalue weighted by molar-refractivity contribution is 0.0702. The standard InChI is InChI=1S/C23H27N5O2S/c1-14-5-6-19(15(2)11-14)22-25-16(3)20(31-22)23(30)28-9-7-18(8-10-28)26-21(29)17-12-24-27(4)13-17/h5-6,11-13,18H,7-10H2,1-4H3,(H,26,29). The van der Waals surface area contributed by atoms with E-state index in [4.69, 9.17) is 0 Å². The Kier molecular flexibility index (Phi) is 5.91. The first-order valence-electron chi connectivity index (χ1n) is 10.5. The Morgan fingerprint density at radius 2 is 1.90 bits per heavy atom. The summed E-state index contributed by atoms with van der Waals surface area (Å²) in [6, 6.07) is 6.35. The fourth-order valence-corrected chi connectivity index (χ4v) is 5.07. The molecule has 3 heterocycles. The van der Waals surface area contributed by atoms with Crippen LogP contribution in [0.5, 0.6) is 0 Å². The zero-order valence-corrected chi connectivity index (χ0v) is 19.1. The minimum atomic E-state index is -0.116. The van der Waals surface area contributed by atoms with E-state index in [2.05, 4.69) is 47.4 Å². The maximum atomic E-state index is 13.2. The zero-order chi connectivity index (χ0) is 22.1. The molecular weight excluding hydrogens is 410 g/mol. The maximum absolute atomic E-state index is 13.2. The molecule has 0 saturated carbocycles. The van der Waals surface area contributed by atoms with Crippen LogP contribution in [0.2, 0.25) is 0 Å². The summed E-state index contributed by atoms with van der Waals surface area (Å²) in [5.41, 5.74) is 4.79. The molecule has 2 amide bonds. The smallest absolute Gasteiger partial charge is 0.265 e. The molecule has 0 bridgehead atoms. The number of likely N-dealkylation sites (tertiary alicyclic amines) is 1. The number of nitrogens with zero attached hydrogens (tertiary/aromatic N) is 4. The molecule has 1 saturated heterocycles. The quantitative estimate of drug-likeness (QED) is 0.677. The van der Waals surface area contributed by atoms with E-state index in [9.17, 15) is 9.59 Å². The van der Waals surface area contributed by atoms with Crippen molar-refractivity contribution in [2.24, 2.45) is 7.05 Å². The van der Waals surface area contributed by atoms with Gasteiger partial charge in [-0.2, -0.15) is 5.10 Å². The summed E-state index contributed by atoms with van der Waals surface area (Å²) in [7, 11) is 1.79. The van der Waals surface area contributed by atoms with Crippen LogP contribution in [-0.2, 0) is 7.05 Å². The second kappa shape index (κ2) is 8.63. The summed E-state index contributed by atoms with van der Waals surface area (Å²) in [5.74, 6) is -0.0858. The summed E-state index contributed by atoms with van der Waals surface area (Å²) in [5, 5.41) is 7.98. The van der Waals surface area contributed by atoms with E-state index in [-0.39, 0.29) is 17.9 Å². The third kappa shape index (κ3) is 4.54. The van der Waals surface area contributed by atoms with Crippen LogP contribution in [-0.4, -0.2) is 50.6 Å². The fraction of sp³-hybridized carbons (Fsp3) is 0.391. The number of thiazole rings is 1. The summed E-state index contributed by atoms with van der Waals surface area (Å²) in [4.78, 5) is 32.8. The van der Waals surface area contributed by atoms with Crippen molar-refractivity contribution in [3.05, 3.63) is 57.9 Å². The van der Waals surface area contributed by atoms with E-state index in [1.54, 1.807) is 24.1 Å². The molecular formula is C23H27N5O2S. The molecule has 1 aromatic carbocycles. The summed E-state index contributed by atoms with van der Waals surface area (Å²) in [6.45, 7) is 7.28. The number of piperidine rings is 1. The number of amides is 2. The second-order valence-electron chi connectivity index (χ2n) is 8.19. The van der Waals surface area contributed by atoms with Crippen LogP contribution < -0.4 is 5.32 Å². The van der Waals surface area contributed by atoms with Gasteiger partial charge in [0.15, 0.2) is 0 Å². The number of carbonyl (C=O) groups excluding carboxylic acids is 2. The Labute approximate surface area is 186 Å². The van der Waals surface area contributed by atoms with E-state index < -0.39 is 0 Å². The minimum absolute atomic E-state index is 0.0306. The number of hydrogen-bond donors (Lipinski definition) is 1. The number of carbonyl (C=O) groups is 2. The summed E-state index contributed by atoms with van der Waals surface area (Å²) < 4.78 is 1.61. The molecule has 0 radical (unpaired) electrons. The zero-order valence-electron chi connectivity index (χ0n) is 18.3. The van der Waals surface area contributed by atoms with Gasteiger partial charge in [0.05, 0.1) is 17.5 Å². The van der Waals surface area contributed by atoms with Gasteiger partial charge in [-0.3, -0.25) is 14.3 Å². The van der Waals surface area contributed by atoms with Gasteiger partial charge in [-0.15, -0.1) is 11.3 Å². The first kappa shape index (κ1) is 21.2. The molecule has 8 heteroatoms. The monoisotopic (exact) mass is 437 g/mol. The number of hydrogen-bond acceptors (Lipinski definition) is 5. The Morgan fingerprint density at radius 3 is 2.55 bits per heavy atom. The molecule has 1 N–H and O–H groups in total. The highest BCUT2D eigenvalue weighted by Crippen LogP contribution is 2.31. The third-order valence-electron chi connectivity index (χ3n) is 5.69. The van der Waals surface area contributed by atoms with Crippen LogP contribution in [0.4, 0.5) is 0 Å². The molecule has 3 aromatic rings. The molecule has 162 valence electrons. The van der Waals surface area contributed by atoms with Crippen molar-refractivity contribution in [1.82, 2.24) is 25.0 Å². The third-order valence-corrected chi connectivity index (χ3v) is 6.87. The van der Waals surface area contributed by atoms with Crippen molar-refractivity contribution in [2.45, 2.75) is 39.7 Å². The van der Waals surface area contributed by atoms with Gasteiger partial charge in [-0.05, 0) is 39.2 Å². The Morgan fingerprint density at radius 1 is 1.16 bits per heavy atom. The van der Waals surface area contributed by atoms with Gasteiger partial charge in [-0.25, -0.2) is 4.98 Å². The number of aromatic nitrogens is 3. The molecule has 1 aliphatic heterocycles. The summed E-state index contributed by atoms with van der Waals surface area (Å²) in [6.07, 6.45) is 4.74. The highest BCUT2D eigenvalue weighted by molar-refractivity contribution is 7.17. The van der Waals surface area contributed by atoms with Crippen molar-refractivity contribution < 1.29 is 9.59 Å². The van der Waals surface area contributed by atoms with Gasteiger partial charge in [-0.1, -0.05) is 23.8 Å². The first-order valence-corrected chi connectivity index (χ1v) is 11.3. The molecule has 1 aliphatic rings. The highest BCUT2D eigenvalue weighted by Gasteiger charge is 2.27. The fourth-order valence-electron chi connectivity index (χ4n) is 3.94. The first-order chi connectivity index (χ1) is 14.8. The van der Waals surface area contributed by atoms with Gasteiger partial charge in [0.1, 0.15) is 9.88 Å². The van der Waals surface area contributed by atoms with Crippen LogP contribution in [0, 0.1) is 20.8 Å². The van der Waals surface area contributed by atoms with Crippen LogP contribution in [0.3, 0.4) is 0 Å². The molecule has 7 nitrogen and oxygen atoms in total. The van der Waals surface area contributed by atoms with Gasteiger partial charge < -0.3 is 10.2 Å². The van der Waals surface area contributed by atoms with Gasteiger partial charge in [0.25, 0.3) is 11.8 Å². The predicted molar refractivity (Wildman–Crippen MR) is 121 cm³/mol. The Balaban J connectivity index is 1.40. The molecule has 31 heavy (non-hydrogen) atoms. The topological polar surface area (TPSA) is 80.1 Å². The van der Waals surface area contributed by atoms with E-state index in [1.165, 1.54) is 16.9 Å². The average molecular weight is 438 g/mol. The summed E-state index contributed by atoms with van der Waals surface area (Å²) >= 11 is 1.46. The van der Waals surface area contributed by atoms with Crippen LogP contribution in [0.1, 0.15) is 49.7 Å². The molecule has 0 atom stereocenters. The second-order valence-corrected chi connectivity index (χ2v) is 9.19. The van der Waals surface area contributed by atoms with Gasteiger partial charge in [0.2, 0.25) is 0 Å². The van der Waals surface area contributed by atoms with Crippen molar-refractivity contribution in [3.63, 3.8) is 0 Å². The predicted octanol–water partition coefficient (Wildman–Crippen LogP) is 3.50. The van der Waals surface area contributed by atoms with Crippen LogP contribution >= 0.6 is 11.3 Å². The average Bonchev–Trinajstić information content (AvgIpc) is 3.34. The largest absolute Gasteiger partial charge is 0.349 e. The molecule has 0 aliphatic carbocycles. The molecule has 0 unspecified atom stereocenters. The lowest BCUT2D eigenvalue weighted by Crippen LogP contribution is -2.46. The number of nitrogens with one attached hydrogen (secondary N) is 1. The minimum Gasteiger partial charge on any atom is -0.349 e. The SMILES string of the molecule is Cc1ccc(-c2nc(C)c(C(=O)N3CCC(NC(=O)c4cnn(C)c4)CC3)s2)c(C)c1. The molecule has 1 fully saturated rings. The molecule has 4 rings (SSSR count). The number of aryl methyl sites for hydroxylation is 4. The van der Waals surface area contributed by atoms with E-state index >= 15 is 0 Å². The van der Waals surface area contributed by atoms with E-state index in [1.807, 2.05) is 11.8 Å². The van der Waals surface area contributed by atoms with Crippen molar-refractivity contribution in [2.75, 3.05) is 13.1 Å². The van der Waals surface area contributed by atoms with Crippen LogP contribution in [0.25, 0.3) is 10.6 Å².